The molecule has 20 heavy (non-hydrogen) atoms. The Morgan fingerprint density at radius 2 is 2.05 bits per heavy atom. The highest BCUT2D eigenvalue weighted by atomic mass is 16.5. The van der Waals surface area contributed by atoms with Gasteiger partial charge in [-0.2, -0.15) is 0 Å². The van der Waals surface area contributed by atoms with Gasteiger partial charge in [0, 0.05) is 38.3 Å². The van der Waals surface area contributed by atoms with Crippen molar-refractivity contribution in [3.63, 3.8) is 0 Å². The van der Waals surface area contributed by atoms with Gasteiger partial charge in [0.1, 0.15) is 0 Å². The van der Waals surface area contributed by atoms with Gasteiger partial charge in [0.05, 0.1) is 5.60 Å². The van der Waals surface area contributed by atoms with Crippen LogP contribution in [-0.2, 0) is 4.74 Å². The van der Waals surface area contributed by atoms with E-state index in [1.807, 2.05) is 7.11 Å². The fourth-order valence-corrected chi connectivity index (χ4v) is 4.69. The van der Waals surface area contributed by atoms with Crippen molar-refractivity contribution < 1.29 is 4.74 Å². The van der Waals surface area contributed by atoms with Crippen LogP contribution in [0.5, 0.6) is 0 Å². The lowest BCUT2D eigenvalue weighted by Gasteiger charge is -2.54. The van der Waals surface area contributed by atoms with Crippen molar-refractivity contribution >= 4 is 0 Å². The van der Waals surface area contributed by atoms with E-state index in [0.29, 0.717) is 0 Å². The van der Waals surface area contributed by atoms with Crippen molar-refractivity contribution in [3.8, 4) is 0 Å². The maximum absolute atomic E-state index is 6.28. The van der Waals surface area contributed by atoms with E-state index in [0.717, 1.165) is 19.1 Å². The Balaban J connectivity index is 1.75. The molecule has 0 amide bonds. The third kappa shape index (κ3) is 2.52. The molecule has 0 saturated carbocycles. The smallest absolute Gasteiger partial charge is 0.0777 e. The average molecular weight is 281 g/mol. The van der Waals surface area contributed by atoms with Gasteiger partial charge in [0.25, 0.3) is 0 Å². The summed E-state index contributed by atoms with van der Waals surface area (Å²) in [5.74, 6) is 0. The van der Waals surface area contributed by atoms with Crippen molar-refractivity contribution in [2.45, 2.75) is 62.6 Å². The summed E-state index contributed by atoms with van der Waals surface area (Å²) in [5, 5.41) is 0. The molecular weight excluding hydrogens is 250 g/mol. The highest BCUT2D eigenvalue weighted by Gasteiger charge is 2.47. The van der Waals surface area contributed by atoms with Crippen molar-refractivity contribution in [2.75, 3.05) is 39.8 Å². The number of nitrogens with zero attached hydrogens (tertiary/aromatic N) is 2. The number of nitrogens with two attached hydrogens (primary N) is 1. The van der Waals surface area contributed by atoms with Crippen LogP contribution in [0.2, 0.25) is 0 Å². The molecule has 0 spiro atoms. The second-order valence-electron chi connectivity index (χ2n) is 7.39. The Morgan fingerprint density at radius 3 is 2.80 bits per heavy atom. The highest BCUT2D eigenvalue weighted by Crippen LogP contribution is 2.39. The molecule has 0 aromatic carbocycles. The van der Waals surface area contributed by atoms with Gasteiger partial charge in [-0.1, -0.05) is 0 Å². The van der Waals surface area contributed by atoms with Crippen LogP contribution in [0.25, 0.3) is 0 Å². The molecule has 3 saturated heterocycles. The van der Waals surface area contributed by atoms with E-state index in [2.05, 4.69) is 16.7 Å². The Hall–Kier alpha value is -0.160. The number of hydrogen-bond donors (Lipinski definition) is 1. The standard InChI is InChI=1S/C16H31N3O/c1-15(20-2)6-4-9-19(13-15)16(12-17)7-10-18-8-3-5-14(18)11-16/h14H,3-13,17H2,1-2H3. The number of piperidine rings is 2. The van der Waals surface area contributed by atoms with Gasteiger partial charge in [0.15, 0.2) is 0 Å². The minimum Gasteiger partial charge on any atom is -0.377 e. The van der Waals surface area contributed by atoms with Gasteiger partial charge in [-0.05, 0) is 58.5 Å². The summed E-state index contributed by atoms with van der Waals surface area (Å²) in [5.41, 5.74) is 6.53. The summed E-state index contributed by atoms with van der Waals surface area (Å²) in [6, 6.07) is 0.781. The number of methoxy groups -OCH3 is 1. The van der Waals surface area contributed by atoms with Crippen LogP contribution >= 0.6 is 0 Å². The molecule has 4 nitrogen and oxygen atoms in total. The van der Waals surface area contributed by atoms with Crippen LogP contribution in [0, 0.1) is 0 Å². The molecule has 3 heterocycles. The van der Waals surface area contributed by atoms with Gasteiger partial charge in [-0.25, -0.2) is 0 Å². The van der Waals surface area contributed by atoms with E-state index in [4.69, 9.17) is 10.5 Å². The average Bonchev–Trinajstić information content (AvgIpc) is 2.94. The van der Waals surface area contributed by atoms with Crippen LogP contribution in [0.3, 0.4) is 0 Å². The highest BCUT2D eigenvalue weighted by molar-refractivity contribution is 5.04. The van der Waals surface area contributed by atoms with E-state index in [1.54, 1.807) is 0 Å². The zero-order valence-electron chi connectivity index (χ0n) is 13.2. The van der Waals surface area contributed by atoms with Crippen LogP contribution < -0.4 is 5.73 Å². The molecule has 3 aliphatic rings. The second kappa shape index (κ2) is 5.56. The number of ether oxygens (including phenoxy) is 1. The summed E-state index contributed by atoms with van der Waals surface area (Å²) in [6.45, 7) is 7.85. The third-order valence-corrected chi connectivity index (χ3v) is 6.18. The quantitative estimate of drug-likeness (QED) is 0.850. The first-order valence-corrected chi connectivity index (χ1v) is 8.35. The van der Waals surface area contributed by atoms with Crippen LogP contribution in [0.1, 0.15) is 45.4 Å². The molecule has 4 heteroatoms. The first-order valence-electron chi connectivity index (χ1n) is 8.35. The molecule has 0 radical (unpaired) electrons. The summed E-state index contributed by atoms with van der Waals surface area (Å²) in [4.78, 5) is 5.36. The summed E-state index contributed by atoms with van der Waals surface area (Å²) < 4.78 is 5.78. The minimum atomic E-state index is 0.0211. The molecule has 3 unspecified atom stereocenters. The number of fused-ring (bicyclic) bond motifs is 1. The predicted octanol–water partition coefficient (Wildman–Crippen LogP) is 1.44. The van der Waals surface area contributed by atoms with Crippen LogP contribution in [-0.4, -0.2) is 66.8 Å². The number of likely N-dealkylation sites (tertiary alicyclic amines) is 1. The lowest BCUT2D eigenvalue weighted by molar-refractivity contribution is -0.0951. The van der Waals surface area contributed by atoms with Gasteiger partial charge < -0.3 is 15.4 Å². The normalized spacial score (nSPS) is 43.6. The molecule has 3 fully saturated rings. The maximum atomic E-state index is 6.28. The monoisotopic (exact) mass is 281 g/mol. The third-order valence-electron chi connectivity index (χ3n) is 6.18. The fraction of sp³-hybridized carbons (Fsp3) is 1.00. The molecule has 116 valence electrons. The van der Waals surface area contributed by atoms with Crippen molar-refractivity contribution in [1.82, 2.24) is 9.80 Å². The van der Waals surface area contributed by atoms with E-state index in [1.165, 1.54) is 58.2 Å². The van der Waals surface area contributed by atoms with E-state index >= 15 is 0 Å². The van der Waals surface area contributed by atoms with E-state index < -0.39 is 0 Å². The summed E-state index contributed by atoms with van der Waals surface area (Å²) in [7, 11) is 1.86. The van der Waals surface area contributed by atoms with Gasteiger partial charge in [-0.3, -0.25) is 4.90 Å². The van der Waals surface area contributed by atoms with Crippen molar-refractivity contribution in [1.29, 1.82) is 0 Å². The van der Waals surface area contributed by atoms with E-state index in [9.17, 15) is 0 Å². The van der Waals surface area contributed by atoms with Gasteiger partial charge >= 0.3 is 0 Å². The zero-order chi connectivity index (χ0) is 14.2. The molecule has 2 N–H and O–H groups in total. The first kappa shape index (κ1) is 14.8. The SMILES string of the molecule is COC1(C)CCCN(C2(CN)CCN3CCCC3C2)C1. The zero-order valence-corrected chi connectivity index (χ0v) is 13.2. The molecule has 0 aromatic rings. The number of rotatable bonds is 3. The minimum absolute atomic E-state index is 0.0211. The van der Waals surface area contributed by atoms with Crippen molar-refractivity contribution in [2.24, 2.45) is 5.73 Å². The lowest BCUT2D eigenvalue weighted by Crippen LogP contribution is -2.65. The Bertz CT molecular complexity index is 351. The maximum Gasteiger partial charge on any atom is 0.0777 e. The van der Waals surface area contributed by atoms with Gasteiger partial charge in [0.2, 0.25) is 0 Å². The molecule has 0 aromatic heterocycles. The molecular formula is C16H31N3O. The van der Waals surface area contributed by atoms with Crippen molar-refractivity contribution in [3.05, 3.63) is 0 Å². The Kier molecular flexibility index (Phi) is 4.10. The molecule has 3 atom stereocenters. The summed E-state index contributed by atoms with van der Waals surface area (Å²) in [6.07, 6.45) is 7.66. The van der Waals surface area contributed by atoms with E-state index in [-0.39, 0.29) is 11.1 Å². The van der Waals surface area contributed by atoms with Crippen LogP contribution in [0.4, 0.5) is 0 Å². The first-order chi connectivity index (χ1) is 9.61. The topological polar surface area (TPSA) is 41.7 Å². The van der Waals surface area contributed by atoms with Crippen LogP contribution in [0.15, 0.2) is 0 Å². The molecule has 3 rings (SSSR count). The lowest BCUT2D eigenvalue weighted by atomic mass is 9.79. The molecule has 0 aliphatic carbocycles. The fourth-order valence-electron chi connectivity index (χ4n) is 4.69. The molecule has 3 aliphatic heterocycles. The largest absolute Gasteiger partial charge is 0.377 e. The van der Waals surface area contributed by atoms with Gasteiger partial charge in [-0.15, -0.1) is 0 Å². The second-order valence-corrected chi connectivity index (χ2v) is 7.39. The Morgan fingerprint density at radius 1 is 1.20 bits per heavy atom. The predicted molar refractivity (Wildman–Crippen MR) is 81.8 cm³/mol. The summed E-state index contributed by atoms with van der Waals surface area (Å²) >= 11 is 0. The molecule has 0 bridgehead atoms. The Labute approximate surface area is 123 Å². The number of hydrogen-bond acceptors (Lipinski definition) is 4.